The fourth-order valence-corrected chi connectivity index (χ4v) is 5.86. The van der Waals surface area contributed by atoms with Gasteiger partial charge in [-0.25, -0.2) is 8.78 Å². The molecule has 1 saturated heterocycles. The van der Waals surface area contributed by atoms with E-state index in [9.17, 15) is 23.2 Å². The molecule has 1 unspecified atom stereocenters. The standard InChI is InChI=1S/C29H41F2N5O6/c1-32-18-24(38)33-25(19-6-4-3-5-7-19)28(39)35-8-10-36(11-9-35)29(40)26-27(42-15-14-41-13-12-37)20-16-21(30)22(31)17-23(20)34(26)2/h16-17,19,25,32,37H,3-15,18H2,1-2H3,(H,33,38). The molecule has 1 saturated carbocycles. The van der Waals surface area contributed by atoms with E-state index >= 15 is 0 Å². The second kappa shape index (κ2) is 14.7. The molecule has 42 heavy (non-hydrogen) atoms. The molecule has 4 rings (SSSR count). The number of benzene rings is 1. The highest BCUT2D eigenvalue weighted by molar-refractivity contribution is 6.04. The average Bonchev–Trinajstić information content (AvgIpc) is 3.25. The van der Waals surface area contributed by atoms with E-state index < -0.39 is 17.7 Å². The van der Waals surface area contributed by atoms with Crippen LogP contribution in [0.5, 0.6) is 5.75 Å². The van der Waals surface area contributed by atoms with Crippen molar-refractivity contribution in [3.8, 4) is 5.75 Å². The molecule has 11 nitrogen and oxygen atoms in total. The number of carbonyl (C=O) groups is 3. The Bertz CT molecular complexity index is 1260. The van der Waals surface area contributed by atoms with E-state index in [4.69, 9.17) is 14.6 Å². The number of carbonyl (C=O) groups excluding carboxylic acids is 3. The van der Waals surface area contributed by atoms with Gasteiger partial charge in [0.2, 0.25) is 11.8 Å². The summed E-state index contributed by atoms with van der Waals surface area (Å²) < 4.78 is 40.9. The maximum absolute atomic E-state index is 14.2. The van der Waals surface area contributed by atoms with Crippen LogP contribution in [0.3, 0.4) is 0 Å². The summed E-state index contributed by atoms with van der Waals surface area (Å²) in [6, 6.07) is 1.43. The number of rotatable bonds is 12. The number of piperazine rings is 1. The van der Waals surface area contributed by atoms with E-state index in [-0.39, 0.29) is 99.6 Å². The highest BCUT2D eigenvalue weighted by atomic mass is 19.2. The summed E-state index contributed by atoms with van der Waals surface area (Å²) in [4.78, 5) is 43.1. The van der Waals surface area contributed by atoms with Crippen molar-refractivity contribution >= 4 is 28.6 Å². The Kier molecular flexibility index (Phi) is 11.1. The first-order valence-electron chi connectivity index (χ1n) is 14.6. The maximum atomic E-state index is 14.2. The van der Waals surface area contributed by atoms with E-state index in [1.165, 1.54) is 4.57 Å². The van der Waals surface area contributed by atoms with E-state index in [2.05, 4.69) is 10.6 Å². The molecule has 2 aromatic rings. The van der Waals surface area contributed by atoms with Gasteiger partial charge in [0.05, 0.1) is 31.9 Å². The molecular formula is C29H41F2N5O6. The molecule has 1 aliphatic heterocycles. The van der Waals surface area contributed by atoms with Gasteiger partial charge in [0.1, 0.15) is 12.6 Å². The number of aryl methyl sites for hydroxylation is 1. The predicted octanol–water partition coefficient (Wildman–Crippen LogP) is 1.41. The van der Waals surface area contributed by atoms with Crippen LogP contribution in [-0.2, 0) is 21.4 Å². The topological polar surface area (TPSA) is 125 Å². The number of likely N-dealkylation sites (N-methyl/N-ethyl adjacent to an activating group) is 1. The van der Waals surface area contributed by atoms with E-state index in [1.54, 1.807) is 23.9 Å². The van der Waals surface area contributed by atoms with E-state index in [0.717, 1.165) is 44.2 Å². The third kappa shape index (κ3) is 7.19. The minimum Gasteiger partial charge on any atom is -0.488 e. The van der Waals surface area contributed by atoms with Crippen LogP contribution in [0.25, 0.3) is 10.9 Å². The smallest absolute Gasteiger partial charge is 0.274 e. The van der Waals surface area contributed by atoms with Crippen LogP contribution in [0.15, 0.2) is 12.1 Å². The van der Waals surface area contributed by atoms with Gasteiger partial charge >= 0.3 is 0 Å². The molecule has 0 radical (unpaired) electrons. The maximum Gasteiger partial charge on any atom is 0.274 e. The van der Waals surface area contributed by atoms with Crippen LogP contribution in [0.2, 0.25) is 0 Å². The fraction of sp³-hybridized carbons (Fsp3) is 0.621. The molecule has 2 fully saturated rings. The van der Waals surface area contributed by atoms with Crippen LogP contribution >= 0.6 is 0 Å². The second-order valence-corrected chi connectivity index (χ2v) is 10.8. The van der Waals surface area contributed by atoms with Gasteiger partial charge in [-0.3, -0.25) is 14.4 Å². The highest BCUT2D eigenvalue weighted by Crippen LogP contribution is 2.35. The van der Waals surface area contributed by atoms with E-state index in [0.29, 0.717) is 5.52 Å². The molecule has 13 heteroatoms. The Morgan fingerprint density at radius 1 is 1.00 bits per heavy atom. The van der Waals surface area contributed by atoms with Gasteiger partial charge in [-0.15, -0.1) is 0 Å². The van der Waals surface area contributed by atoms with Crippen molar-refractivity contribution in [1.29, 1.82) is 0 Å². The number of aliphatic hydroxyl groups excluding tert-OH is 1. The summed E-state index contributed by atoms with van der Waals surface area (Å²) in [5, 5.41) is 14.9. The number of nitrogens with zero attached hydrogens (tertiary/aromatic N) is 3. The Hall–Kier alpha value is -3.29. The molecule has 1 aromatic carbocycles. The summed E-state index contributed by atoms with van der Waals surface area (Å²) in [6.45, 7) is 1.31. The quantitative estimate of drug-likeness (QED) is 0.318. The van der Waals surface area contributed by atoms with Crippen molar-refractivity contribution in [3.63, 3.8) is 0 Å². The van der Waals surface area contributed by atoms with E-state index in [1.807, 2.05) is 0 Å². The largest absolute Gasteiger partial charge is 0.488 e. The van der Waals surface area contributed by atoms with Gasteiger partial charge in [0.15, 0.2) is 23.1 Å². The minimum absolute atomic E-state index is 0.0303. The normalized spacial score (nSPS) is 17.0. The van der Waals surface area contributed by atoms with Gasteiger partial charge in [0, 0.05) is 44.7 Å². The minimum atomic E-state index is -1.06. The molecule has 2 aliphatic rings. The van der Waals surface area contributed by atoms with Crippen molar-refractivity contribution in [2.45, 2.75) is 38.1 Å². The number of hydrogen-bond donors (Lipinski definition) is 3. The molecule has 1 aliphatic carbocycles. The van der Waals surface area contributed by atoms with Crippen molar-refractivity contribution in [1.82, 2.24) is 25.0 Å². The van der Waals surface area contributed by atoms with Crippen molar-refractivity contribution in [2.75, 3.05) is 66.2 Å². The van der Waals surface area contributed by atoms with Crippen LogP contribution in [0.1, 0.15) is 42.6 Å². The third-order valence-electron chi connectivity index (χ3n) is 8.03. The molecular weight excluding hydrogens is 552 g/mol. The molecule has 3 N–H and O–H groups in total. The lowest BCUT2D eigenvalue weighted by atomic mass is 9.83. The molecule has 1 atom stereocenters. The third-order valence-corrected chi connectivity index (χ3v) is 8.03. The van der Waals surface area contributed by atoms with Crippen molar-refractivity contribution in [3.05, 3.63) is 29.5 Å². The molecule has 1 aromatic heterocycles. The van der Waals surface area contributed by atoms with Crippen LogP contribution in [-0.4, -0.2) is 109 Å². The zero-order chi connectivity index (χ0) is 30.2. The number of ether oxygens (including phenoxy) is 2. The summed E-state index contributed by atoms with van der Waals surface area (Å²) in [6.07, 6.45) is 4.93. The van der Waals surface area contributed by atoms with Gasteiger partial charge in [-0.1, -0.05) is 19.3 Å². The van der Waals surface area contributed by atoms with Crippen LogP contribution in [0.4, 0.5) is 8.78 Å². The zero-order valence-corrected chi connectivity index (χ0v) is 24.3. The predicted molar refractivity (Wildman–Crippen MR) is 151 cm³/mol. The van der Waals surface area contributed by atoms with Gasteiger partial charge in [0.25, 0.3) is 5.91 Å². The Morgan fingerprint density at radius 3 is 2.33 bits per heavy atom. The molecule has 232 valence electrons. The summed E-state index contributed by atoms with van der Waals surface area (Å²) in [7, 11) is 3.27. The van der Waals surface area contributed by atoms with Crippen LogP contribution in [0, 0.1) is 17.6 Å². The highest BCUT2D eigenvalue weighted by Gasteiger charge is 2.36. The first-order valence-corrected chi connectivity index (χ1v) is 14.6. The first-order chi connectivity index (χ1) is 20.3. The number of nitrogens with one attached hydrogen (secondary N) is 2. The Labute approximate surface area is 244 Å². The average molecular weight is 594 g/mol. The molecule has 0 bridgehead atoms. The molecule has 0 spiro atoms. The second-order valence-electron chi connectivity index (χ2n) is 10.8. The van der Waals surface area contributed by atoms with Crippen molar-refractivity contribution < 1.29 is 37.7 Å². The number of hydrogen-bond acceptors (Lipinski definition) is 7. The van der Waals surface area contributed by atoms with Gasteiger partial charge in [-0.2, -0.15) is 0 Å². The SMILES string of the molecule is CNCC(=O)NC(C(=O)N1CCN(C(=O)c2c(OCCOCCO)c3cc(F)c(F)cc3n2C)CC1)C1CCCCC1. The molecule has 3 amide bonds. The first kappa shape index (κ1) is 31.6. The zero-order valence-electron chi connectivity index (χ0n) is 24.3. The monoisotopic (exact) mass is 593 g/mol. The lowest BCUT2D eigenvalue weighted by Crippen LogP contribution is -2.58. The number of fused-ring (bicyclic) bond motifs is 1. The van der Waals surface area contributed by atoms with Gasteiger partial charge < -0.3 is 39.6 Å². The van der Waals surface area contributed by atoms with Gasteiger partial charge in [-0.05, 0) is 31.9 Å². The fourth-order valence-electron chi connectivity index (χ4n) is 5.86. The Balaban J connectivity index is 1.49. The van der Waals surface area contributed by atoms with Crippen LogP contribution < -0.4 is 15.4 Å². The lowest BCUT2D eigenvalue weighted by Gasteiger charge is -2.39. The summed E-state index contributed by atoms with van der Waals surface area (Å²) >= 11 is 0. The number of aliphatic hydroxyl groups is 1. The number of halogens is 2. The number of amides is 3. The summed E-state index contributed by atoms with van der Waals surface area (Å²) in [5.74, 6) is -2.67. The Morgan fingerprint density at radius 2 is 1.67 bits per heavy atom. The summed E-state index contributed by atoms with van der Waals surface area (Å²) in [5.41, 5.74) is 0.432. The van der Waals surface area contributed by atoms with Crippen molar-refractivity contribution in [2.24, 2.45) is 13.0 Å². The lowest BCUT2D eigenvalue weighted by molar-refractivity contribution is -0.139. The molecule has 2 heterocycles. The number of aromatic nitrogens is 1.